The van der Waals surface area contributed by atoms with E-state index in [1.54, 1.807) is 7.05 Å². The number of carbonyl (C=O) groups excluding carboxylic acids is 2. The van der Waals surface area contributed by atoms with Crippen LogP contribution >= 0.6 is 27.5 Å². The van der Waals surface area contributed by atoms with Gasteiger partial charge in [-0.15, -0.1) is 0 Å². The number of nitrogens with one attached hydrogen (secondary N) is 1. The van der Waals surface area contributed by atoms with Crippen molar-refractivity contribution in [2.75, 3.05) is 18.9 Å². The Bertz CT molecular complexity index is 995. The number of rotatable bonds is 3. The van der Waals surface area contributed by atoms with Gasteiger partial charge in [-0.2, -0.15) is 18.3 Å². The molecule has 2 heterocycles. The molecule has 1 aliphatic heterocycles. The Morgan fingerprint density at radius 1 is 1.34 bits per heavy atom. The lowest BCUT2D eigenvalue weighted by atomic mass is 9.91. The number of alkyl halides is 3. The van der Waals surface area contributed by atoms with Crippen LogP contribution in [0.25, 0.3) is 0 Å². The number of likely N-dealkylation sites (tertiary alicyclic amines) is 1. The first-order valence-corrected chi connectivity index (χ1v) is 9.40. The molecule has 1 saturated heterocycles. The van der Waals surface area contributed by atoms with E-state index in [1.807, 2.05) is 0 Å². The summed E-state index contributed by atoms with van der Waals surface area (Å²) in [6, 6.07) is 2.60. The number of carbonyl (C=O) groups is 2. The van der Waals surface area contributed by atoms with Crippen LogP contribution in [-0.4, -0.2) is 40.1 Å². The maximum Gasteiger partial charge on any atom is 0.421 e. The molecular formula is C17H14BrClF4N4O2. The minimum Gasteiger partial charge on any atom is -0.344 e. The van der Waals surface area contributed by atoms with Gasteiger partial charge in [-0.25, -0.2) is 4.39 Å². The predicted molar refractivity (Wildman–Crippen MR) is 99.8 cm³/mol. The van der Waals surface area contributed by atoms with E-state index in [2.05, 4.69) is 26.3 Å². The summed E-state index contributed by atoms with van der Waals surface area (Å²) in [6.07, 6.45) is -5.03. The number of anilines is 1. The fourth-order valence-corrected chi connectivity index (χ4v) is 4.06. The van der Waals surface area contributed by atoms with E-state index in [9.17, 15) is 27.2 Å². The summed E-state index contributed by atoms with van der Waals surface area (Å²) in [4.78, 5) is 26.7. The topological polar surface area (TPSA) is 67.2 Å². The van der Waals surface area contributed by atoms with Gasteiger partial charge in [0.2, 0.25) is 11.8 Å². The second-order valence-corrected chi connectivity index (χ2v) is 7.72. The van der Waals surface area contributed by atoms with Crippen LogP contribution in [0.2, 0.25) is 5.15 Å². The Morgan fingerprint density at radius 3 is 2.55 bits per heavy atom. The molecule has 0 spiro atoms. The highest BCUT2D eigenvalue weighted by Gasteiger charge is 2.47. The van der Waals surface area contributed by atoms with Crippen molar-refractivity contribution in [2.24, 2.45) is 13.0 Å². The number of benzene rings is 1. The van der Waals surface area contributed by atoms with Gasteiger partial charge in [0.1, 0.15) is 22.5 Å². The molecule has 2 amide bonds. The van der Waals surface area contributed by atoms with Crippen molar-refractivity contribution < 1.29 is 27.2 Å². The summed E-state index contributed by atoms with van der Waals surface area (Å²) in [7, 11) is 3.03. The first-order chi connectivity index (χ1) is 13.4. The molecule has 0 unspecified atom stereocenters. The molecular weight excluding hydrogens is 484 g/mol. The van der Waals surface area contributed by atoms with Gasteiger partial charge < -0.3 is 10.2 Å². The van der Waals surface area contributed by atoms with Gasteiger partial charge >= 0.3 is 6.18 Å². The first kappa shape index (κ1) is 21.6. The molecule has 12 heteroatoms. The smallest absolute Gasteiger partial charge is 0.344 e. The average molecular weight is 498 g/mol. The van der Waals surface area contributed by atoms with Crippen LogP contribution in [-0.2, 0) is 22.8 Å². The zero-order valence-electron chi connectivity index (χ0n) is 15.0. The van der Waals surface area contributed by atoms with E-state index in [0.29, 0.717) is 16.2 Å². The van der Waals surface area contributed by atoms with Crippen LogP contribution in [0.3, 0.4) is 0 Å². The number of hydrogen-bond acceptors (Lipinski definition) is 3. The highest BCUT2D eigenvalue weighted by molar-refractivity contribution is 9.10. The van der Waals surface area contributed by atoms with Crippen LogP contribution in [0.5, 0.6) is 0 Å². The van der Waals surface area contributed by atoms with Gasteiger partial charge in [0.15, 0.2) is 0 Å². The summed E-state index contributed by atoms with van der Waals surface area (Å²) >= 11 is 9.35. The van der Waals surface area contributed by atoms with Gasteiger partial charge in [-0.1, -0.05) is 17.7 Å². The van der Waals surface area contributed by atoms with Crippen molar-refractivity contribution in [3.05, 3.63) is 44.9 Å². The predicted octanol–water partition coefficient (Wildman–Crippen LogP) is 3.80. The van der Waals surface area contributed by atoms with E-state index in [4.69, 9.17) is 11.6 Å². The molecule has 3 rings (SSSR count). The lowest BCUT2D eigenvalue weighted by Gasteiger charge is -2.18. The Morgan fingerprint density at radius 2 is 2.00 bits per heavy atom. The molecule has 29 heavy (non-hydrogen) atoms. The third-order valence-corrected chi connectivity index (χ3v) is 6.10. The van der Waals surface area contributed by atoms with Crippen molar-refractivity contribution in [1.82, 2.24) is 14.7 Å². The number of aryl methyl sites for hydroxylation is 1. The summed E-state index contributed by atoms with van der Waals surface area (Å²) in [6.45, 7) is 0.109. The molecule has 0 aliphatic carbocycles. The highest BCUT2D eigenvalue weighted by Crippen LogP contribution is 2.41. The lowest BCUT2D eigenvalue weighted by molar-refractivity contribution is -0.139. The Balaban J connectivity index is 1.98. The number of hydrogen-bond donors (Lipinski definition) is 1. The molecule has 2 aromatic rings. The summed E-state index contributed by atoms with van der Waals surface area (Å²) in [5, 5.41) is 6.51. The maximum atomic E-state index is 13.8. The molecule has 0 saturated carbocycles. The van der Waals surface area contributed by atoms with Gasteiger partial charge in [0.05, 0.1) is 15.9 Å². The first-order valence-electron chi connectivity index (χ1n) is 8.23. The van der Waals surface area contributed by atoms with Crippen molar-refractivity contribution >= 4 is 45.0 Å². The Hall–Kier alpha value is -2.14. The second kappa shape index (κ2) is 7.60. The lowest BCUT2D eigenvalue weighted by Crippen LogP contribution is -2.33. The summed E-state index contributed by atoms with van der Waals surface area (Å²) in [5.74, 6) is -5.23. The average Bonchev–Trinajstić information content (AvgIpc) is 3.04. The SMILES string of the molecule is CN1C[C@H](c2nn(C)c(Cl)c2Br)[C@@H](C(=O)Nc2cccc(F)c2C(F)(F)F)C1=O. The van der Waals surface area contributed by atoms with Crippen molar-refractivity contribution in [3.63, 3.8) is 0 Å². The monoisotopic (exact) mass is 496 g/mol. The van der Waals surface area contributed by atoms with E-state index in [0.717, 1.165) is 12.1 Å². The summed E-state index contributed by atoms with van der Waals surface area (Å²) in [5.41, 5.74) is -2.04. The number of nitrogens with zero attached hydrogens (tertiary/aromatic N) is 3. The zero-order chi connectivity index (χ0) is 21.7. The zero-order valence-corrected chi connectivity index (χ0v) is 17.4. The minimum atomic E-state index is -5.03. The minimum absolute atomic E-state index is 0.109. The number of likely N-dealkylation sites (N-methyl/N-ethyl adjacent to an activating group) is 1. The fraction of sp³-hybridized carbons (Fsp3) is 0.353. The van der Waals surface area contributed by atoms with E-state index in [-0.39, 0.29) is 11.7 Å². The van der Waals surface area contributed by atoms with Crippen molar-refractivity contribution in [3.8, 4) is 0 Å². The number of halogens is 6. The molecule has 6 nitrogen and oxygen atoms in total. The molecule has 156 valence electrons. The molecule has 1 aliphatic rings. The van der Waals surface area contributed by atoms with E-state index in [1.165, 1.54) is 16.6 Å². The molecule has 1 N–H and O–H groups in total. The van der Waals surface area contributed by atoms with E-state index < -0.39 is 46.9 Å². The molecule has 2 atom stereocenters. The third kappa shape index (κ3) is 3.85. The van der Waals surface area contributed by atoms with Crippen LogP contribution in [0.4, 0.5) is 23.2 Å². The Kier molecular flexibility index (Phi) is 5.65. The molecule has 1 aromatic heterocycles. The number of aromatic nitrogens is 2. The highest BCUT2D eigenvalue weighted by atomic mass is 79.9. The standard InChI is InChI=1S/C17H14BrClF4N4O2/c1-26-6-7(13-12(18)14(19)27(2)25-13)10(16(26)29)15(28)24-9-5-3-4-8(20)11(9)17(21,22)23/h3-5,7,10H,6H2,1-2H3,(H,24,28)/t7-,10-/m0/s1. The summed E-state index contributed by atoms with van der Waals surface area (Å²) < 4.78 is 55.1. The molecule has 0 radical (unpaired) electrons. The largest absolute Gasteiger partial charge is 0.421 e. The fourth-order valence-electron chi connectivity index (χ4n) is 3.30. The number of amides is 2. The van der Waals surface area contributed by atoms with Crippen LogP contribution in [0, 0.1) is 11.7 Å². The Labute approximate surface area is 175 Å². The van der Waals surface area contributed by atoms with Crippen LogP contribution in [0.1, 0.15) is 17.2 Å². The van der Waals surface area contributed by atoms with Crippen LogP contribution in [0.15, 0.2) is 22.7 Å². The van der Waals surface area contributed by atoms with Gasteiger partial charge in [-0.3, -0.25) is 14.3 Å². The quantitative estimate of drug-likeness (QED) is 0.518. The van der Waals surface area contributed by atoms with Crippen molar-refractivity contribution in [2.45, 2.75) is 12.1 Å². The molecule has 1 fully saturated rings. The third-order valence-electron chi connectivity index (χ3n) is 4.65. The van der Waals surface area contributed by atoms with E-state index >= 15 is 0 Å². The van der Waals surface area contributed by atoms with Crippen molar-refractivity contribution in [1.29, 1.82) is 0 Å². The normalized spacial score (nSPS) is 19.7. The molecule has 0 bridgehead atoms. The molecule has 1 aromatic carbocycles. The maximum absolute atomic E-state index is 13.8. The van der Waals surface area contributed by atoms with Gasteiger partial charge in [0.25, 0.3) is 0 Å². The second-order valence-electron chi connectivity index (χ2n) is 6.57. The van der Waals surface area contributed by atoms with Crippen LogP contribution < -0.4 is 5.32 Å². The van der Waals surface area contributed by atoms with Gasteiger partial charge in [-0.05, 0) is 28.1 Å². The van der Waals surface area contributed by atoms with Gasteiger partial charge in [0, 0.05) is 26.6 Å².